The van der Waals surface area contributed by atoms with Gasteiger partial charge in [-0.3, -0.25) is 4.99 Å². The van der Waals surface area contributed by atoms with E-state index in [1.807, 2.05) is 72.8 Å². The third-order valence-corrected chi connectivity index (χ3v) is 5.34. The third kappa shape index (κ3) is 3.49. The number of fused-ring (bicyclic) bond motifs is 3. The normalized spacial score (nSPS) is 12.5. The zero-order valence-electron chi connectivity index (χ0n) is 17.1. The van der Waals surface area contributed by atoms with E-state index in [0.717, 1.165) is 44.2 Å². The van der Waals surface area contributed by atoms with Crippen LogP contribution in [-0.4, -0.2) is 18.7 Å². The lowest BCUT2D eigenvalue weighted by Crippen LogP contribution is -2.16. The van der Waals surface area contributed by atoms with Gasteiger partial charge in [0.15, 0.2) is 5.84 Å². The lowest BCUT2D eigenvalue weighted by molar-refractivity contribution is 0.669. The predicted octanol–water partition coefficient (Wildman–Crippen LogP) is 6.03. The van der Waals surface area contributed by atoms with E-state index >= 15 is 0 Å². The van der Waals surface area contributed by atoms with Gasteiger partial charge in [0.1, 0.15) is 17.0 Å². The molecule has 1 aromatic heterocycles. The molecular weight excluding hydrogens is 382 g/mol. The molecule has 2 N–H and O–H groups in total. The molecule has 0 saturated heterocycles. The maximum atomic E-state index is 6.50. The van der Waals surface area contributed by atoms with Gasteiger partial charge in [-0.05, 0) is 29.3 Å². The van der Waals surface area contributed by atoms with Crippen molar-refractivity contribution in [2.45, 2.75) is 0 Å². The molecule has 31 heavy (non-hydrogen) atoms. The van der Waals surface area contributed by atoms with Gasteiger partial charge in [0.2, 0.25) is 0 Å². The fourth-order valence-corrected chi connectivity index (χ4v) is 3.87. The van der Waals surface area contributed by atoms with Crippen LogP contribution in [0.5, 0.6) is 0 Å². The number of rotatable bonds is 3. The Morgan fingerprint density at radius 3 is 2.29 bits per heavy atom. The van der Waals surface area contributed by atoms with Crippen molar-refractivity contribution in [2.24, 2.45) is 15.7 Å². The Labute approximate surface area is 180 Å². The average molecular weight is 403 g/mol. The summed E-state index contributed by atoms with van der Waals surface area (Å²) in [5.74, 6) is 0.989. The standard InChI is InChI=1S/C27H21N3O/c1-29-27(20-12-7-11-19(17-20)18-9-3-2-4-10-18)30-26(28)22-14-8-16-24-25(22)21-13-5-6-15-23(21)31-24/h2-17H,1H3,(H2,28,29,30). The van der Waals surface area contributed by atoms with Crippen LogP contribution in [0.4, 0.5) is 0 Å². The van der Waals surface area contributed by atoms with Crippen molar-refractivity contribution in [3.05, 3.63) is 108 Å². The Kier molecular flexibility index (Phi) is 4.81. The van der Waals surface area contributed by atoms with Crippen molar-refractivity contribution < 1.29 is 4.42 Å². The van der Waals surface area contributed by atoms with Crippen LogP contribution in [0.2, 0.25) is 0 Å². The van der Waals surface area contributed by atoms with Crippen molar-refractivity contribution in [2.75, 3.05) is 7.05 Å². The molecule has 0 aliphatic carbocycles. The largest absolute Gasteiger partial charge is 0.456 e. The molecule has 5 rings (SSSR count). The number of amidine groups is 2. The summed E-state index contributed by atoms with van der Waals surface area (Å²) in [4.78, 5) is 9.12. The Morgan fingerprint density at radius 2 is 1.45 bits per heavy atom. The molecule has 0 aliphatic heterocycles. The van der Waals surface area contributed by atoms with Crippen LogP contribution in [0, 0.1) is 0 Å². The van der Waals surface area contributed by atoms with Crippen molar-refractivity contribution in [1.29, 1.82) is 0 Å². The highest BCUT2D eigenvalue weighted by Gasteiger charge is 2.14. The van der Waals surface area contributed by atoms with Gasteiger partial charge >= 0.3 is 0 Å². The van der Waals surface area contributed by atoms with Gasteiger partial charge in [-0.15, -0.1) is 0 Å². The average Bonchev–Trinajstić information content (AvgIpc) is 3.22. The van der Waals surface area contributed by atoms with E-state index in [9.17, 15) is 0 Å². The first kappa shape index (κ1) is 18.8. The quantitative estimate of drug-likeness (QED) is 0.295. The number of aliphatic imine (C=N–C) groups is 2. The summed E-state index contributed by atoms with van der Waals surface area (Å²) in [6.45, 7) is 0. The second-order valence-corrected chi connectivity index (χ2v) is 7.27. The lowest BCUT2D eigenvalue weighted by atomic mass is 10.0. The highest BCUT2D eigenvalue weighted by atomic mass is 16.3. The number of para-hydroxylation sites is 1. The predicted molar refractivity (Wildman–Crippen MR) is 129 cm³/mol. The minimum atomic E-state index is 0.405. The molecule has 150 valence electrons. The van der Waals surface area contributed by atoms with Crippen LogP contribution in [-0.2, 0) is 0 Å². The maximum Gasteiger partial charge on any atom is 0.156 e. The van der Waals surface area contributed by atoms with Gasteiger partial charge in [-0.25, -0.2) is 4.99 Å². The number of hydrogen-bond donors (Lipinski definition) is 1. The molecule has 0 atom stereocenters. The molecule has 4 heteroatoms. The molecule has 0 bridgehead atoms. The first-order valence-electron chi connectivity index (χ1n) is 10.1. The van der Waals surface area contributed by atoms with E-state index in [1.165, 1.54) is 0 Å². The van der Waals surface area contributed by atoms with E-state index in [-0.39, 0.29) is 0 Å². The second kappa shape index (κ2) is 7.92. The number of furan rings is 1. The van der Waals surface area contributed by atoms with Crippen LogP contribution in [0.3, 0.4) is 0 Å². The minimum Gasteiger partial charge on any atom is -0.456 e. The smallest absolute Gasteiger partial charge is 0.156 e. The monoisotopic (exact) mass is 403 g/mol. The molecular formula is C27H21N3O. The van der Waals surface area contributed by atoms with Crippen LogP contribution in [0.15, 0.2) is 111 Å². The zero-order valence-corrected chi connectivity index (χ0v) is 17.1. The second-order valence-electron chi connectivity index (χ2n) is 7.27. The molecule has 1 heterocycles. The number of hydrogen-bond acceptors (Lipinski definition) is 2. The first-order valence-corrected chi connectivity index (χ1v) is 10.1. The van der Waals surface area contributed by atoms with Gasteiger partial charge in [-0.2, -0.15) is 0 Å². The van der Waals surface area contributed by atoms with Gasteiger partial charge in [0.25, 0.3) is 0 Å². The summed E-state index contributed by atoms with van der Waals surface area (Å²) < 4.78 is 5.98. The van der Waals surface area contributed by atoms with E-state index < -0.39 is 0 Å². The minimum absolute atomic E-state index is 0.405. The molecule has 4 aromatic carbocycles. The fraction of sp³-hybridized carbons (Fsp3) is 0.0370. The molecule has 0 saturated carbocycles. The highest BCUT2D eigenvalue weighted by molar-refractivity contribution is 6.20. The van der Waals surface area contributed by atoms with Crippen LogP contribution >= 0.6 is 0 Å². The van der Waals surface area contributed by atoms with Gasteiger partial charge in [0, 0.05) is 28.9 Å². The summed E-state index contributed by atoms with van der Waals surface area (Å²) in [5.41, 5.74) is 12.1. The van der Waals surface area contributed by atoms with Crippen molar-refractivity contribution in [1.82, 2.24) is 0 Å². The summed E-state index contributed by atoms with van der Waals surface area (Å²) >= 11 is 0. The third-order valence-electron chi connectivity index (χ3n) is 5.34. The first-order chi connectivity index (χ1) is 15.2. The summed E-state index contributed by atoms with van der Waals surface area (Å²) in [6.07, 6.45) is 0. The molecule has 0 unspecified atom stereocenters. The number of nitrogens with zero attached hydrogens (tertiary/aromatic N) is 2. The van der Waals surface area contributed by atoms with E-state index in [4.69, 9.17) is 15.1 Å². The molecule has 0 radical (unpaired) electrons. The fourth-order valence-electron chi connectivity index (χ4n) is 3.87. The molecule has 0 fully saturated rings. The summed E-state index contributed by atoms with van der Waals surface area (Å²) in [7, 11) is 1.73. The molecule has 5 aromatic rings. The molecule has 4 nitrogen and oxygen atoms in total. The molecule has 0 spiro atoms. The van der Waals surface area contributed by atoms with Crippen LogP contribution in [0.25, 0.3) is 33.1 Å². The van der Waals surface area contributed by atoms with Crippen LogP contribution in [0.1, 0.15) is 11.1 Å². The van der Waals surface area contributed by atoms with Gasteiger partial charge in [-0.1, -0.05) is 78.9 Å². The lowest BCUT2D eigenvalue weighted by Gasteiger charge is -2.08. The Hall–Kier alpha value is -4.18. The van der Waals surface area contributed by atoms with Gasteiger partial charge in [0.05, 0.1) is 0 Å². The van der Waals surface area contributed by atoms with E-state index in [0.29, 0.717) is 11.7 Å². The van der Waals surface area contributed by atoms with Crippen molar-refractivity contribution in [3.8, 4) is 11.1 Å². The zero-order chi connectivity index (χ0) is 21.2. The Balaban J connectivity index is 1.59. The van der Waals surface area contributed by atoms with Crippen molar-refractivity contribution >= 4 is 33.6 Å². The maximum absolute atomic E-state index is 6.50. The summed E-state index contributed by atoms with van der Waals surface area (Å²) in [6, 6.07) is 32.2. The summed E-state index contributed by atoms with van der Waals surface area (Å²) in [5, 5.41) is 1.99. The topological polar surface area (TPSA) is 63.9 Å². The number of nitrogens with two attached hydrogens (primary N) is 1. The SMILES string of the molecule is CN=C(N=C(N)c1cccc2oc3ccccc3c12)c1cccc(-c2ccccc2)c1. The van der Waals surface area contributed by atoms with E-state index in [2.05, 4.69) is 29.3 Å². The Bertz CT molecular complexity index is 1450. The number of benzene rings is 4. The van der Waals surface area contributed by atoms with Gasteiger partial charge < -0.3 is 10.2 Å². The highest BCUT2D eigenvalue weighted by Crippen LogP contribution is 2.31. The molecule has 0 aliphatic rings. The molecule has 0 amide bonds. The van der Waals surface area contributed by atoms with Crippen molar-refractivity contribution in [3.63, 3.8) is 0 Å². The van der Waals surface area contributed by atoms with Crippen LogP contribution < -0.4 is 5.73 Å². The Morgan fingerprint density at radius 1 is 0.742 bits per heavy atom. The van der Waals surface area contributed by atoms with E-state index in [1.54, 1.807) is 7.05 Å².